The lowest BCUT2D eigenvalue weighted by atomic mass is 9.92. The molecule has 0 amide bonds. The van der Waals surface area contributed by atoms with Crippen molar-refractivity contribution in [3.05, 3.63) is 89.7 Å². The van der Waals surface area contributed by atoms with Crippen LogP contribution in [0.4, 0.5) is 0 Å². The van der Waals surface area contributed by atoms with E-state index in [4.69, 9.17) is 4.74 Å². The van der Waals surface area contributed by atoms with Crippen LogP contribution >= 0.6 is 0 Å². The van der Waals surface area contributed by atoms with Gasteiger partial charge in [-0.05, 0) is 23.1 Å². The van der Waals surface area contributed by atoms with Crippen molar-refractivity contribution < 1.29 is 9.53 Å². The van der Waals surface area contributed by atoms with Crippen molar-refractivity contribution in [3.8, 4) is 6.07 Å². The number of ether oxygens (including phenoxy) is 1. The zero-order valence-corrected chi connectivity index (χ0v) is 13.0. The number of nitrogens with zero attached hydrogens (tertiary/aromatic N) is 1. The number of carbonyl (C=O) groups excluding carboxylic acids is 1. The molecule has 3 heteroatoms. The molecule has 23 heavy (non-hydrogen) atoms. The normalized spacial score (nSPS) is 11.1. The van der Waals surface area contributed by atoms with Crippen LogP contribution in [0.1, 0.15) is 23.6 Å². The van der Waals surface area contributed by atoms with Crippen LogP contribution in [0.5, 0.6) is 0 Å². The van der Waals surface area contributed by atoms with Crippen molar-refractivity contribution in [2.75, 3.05) is 0 Å². The first-order valence-electron chi connectivity index (χ1n) is 7.32. The maximum absolute atomic E-state index is 12.1. The third-order valence-electron chi connectivity index (χ3n) is 3.47. The second kappa shape index (κ2) is 7.77. The van der Waals surface area contributed by atoms with Crippen LogP contribution in [0.3, 0.4) is 0 Å². The van der Waals surface area contributed by atoms with E-state index in [0.717, 1.165) is 23.8 Å². The molecule has 0 aromatic heterocycles. The highest BCUT2D eigenvalue weighted by Crippen LogP contribution is 2.28. The standard InChI is InChI=1S/C20H17NO2/c1-3-15-10-12-17(13-11-15)19(16-8-6-5-7-9-16)18(14-21)20(22)23-4-2/h4-13H,2-3H2,1H3/b19-18+. The summed E-state index contributed by atoms with van der Waals surface area (Å²) in [6, 6.07) is 19.1. The number of aryl methyl sites for hydroxylation is 1. The van der Waals surface area contributed by atoms with Crippen LogP contribution in [0.15, 0.2) is 73.0 Å². The molecule has 0 radical (unpaired) electrons. The van der Waals surface area contributed by atoms with E-state index in [2.05, 4.69) is 13.5 Å². The third-order valence-corrected chi connectivity index (χ3v) is 3.47. The van der Waals surface area contributed by atoms with Gasteiger partial charge in [0.05, 0.1) is 6.26 Å². The van der Waals surface area contributed by atoms with Crippen molar-refractivity contribution in [2.24, 2.45) is 0 Å². The summed E-state index contributed by atoms with van der Waals surface area (Å²) in [5.41, 5.74) is 3.29. The maximum atomic E-state index is 12.1. The van der Waals surface area contributed by atoms with Gasteiger partial charge >= 0.3 is 5.97 Å². The summed E-state index contributed by atoms with van der Waals surface area (Å²) in [5.74, 6) is -0.707. The molecular formula is C20H17NO2. The fourth-order valence-electron chi connectivity index (χ4n) is 2.31. The summed E-state index contributed by atoms with van der Waals surface area (Å²) in [5, 5.41) is 9.47. The van der Waals surface area contributed by atoms with Gasteiger partial charge in [-0.1, -0.05) is 68.1 Å². The van der Waals surface area contributed by atoms with Crippen LogP contribution in [-0.2, 0) is 16.0 Å². The minimum absolute atomic E-state index is 0.0413. The molecule has 0 fully saturated rings. The average molecular weight is 303 g/mol. The summed E-state index contributed by atoms with van der Waals surface area (Å²) >= 11 is 0. The number of nitriles is 1. The first-order chi connectivity index (χ1) is 11.2. The maximum Gasteiger partial charge on any atom is 0.354 e. The molecule has 0 N–H and O–H groups in total. The quantitative estimate of drug-likeness (QED) is 0.359. The Morgan fingerprint density at radius 1 is 1.13 bits per heavy atom. The summed E-state index contributed by atoms with van der Waals surface area (Å²) < 4.78 is 4.81. The van der Waals surface area contributed by atoms with E-state index in [9.17, 15) is 10.1 Å². The highest BCUT2D eigenvalue weighted by Gasteiger charge is 2.19. The Balaban J connectivity index is 2.66. The smallest absolute Gasteiger partial charge is 0.354 e. The Labute approximate surface area is 136 Å². The van der Waals surface area contributed by atoms with Crippen molar-refractivity contribution in [3.63, 3.8) is 0 Å². The topological polar surface area (TPSA) is 50.1 Å². The van der Waals surface area contributed by atoms with E-state index in [0.29, 0.717) is 5.57 Å². The summed E-state index contributed by atoms with van der Waals surface area (Å²) in [6.07, 6.45) is 1.96. The molecular weight excluding hydrogens is 286 g/mol. The van der Waals surface area contributed by atoms with E-state index >= 15 is 0 Å². The van der Waals surface area contributed by atoms with Gasteiger partial charge in [-0.15, -0.1) is 0 Å². The zero-order valence-electron chi connectivity index (χ0n) is 13.0. The molecule has 0 aliphatic rings. The van der Waals surface area contributed by atoms with E-state index in [1.54, 1.807) is 0 Å². The molecule has 0 saturated heterocycles. The first kappa shape index (κ1) is 16.3. The van der Waals surface area contributed by atoms with Crippen LogP contribution in [-0.4, -0.2) is 5.97 Å². The molecule has 0 unspecified atom stereocenters. The van der Waals surface area contributed by atoms with Gasteiger partial charge in [-0.2, -0.15) is 5.26 Å². The molecule has 0 heterocycles. The first-order valence-corrected chi connectivity index (χ1v) is 7.32. The molecule has 2 aromatic carbocycles. The van der Waals surface area contributed by atoms with Gasteiger partial charge in [0.1, 0.15) is 11.6 Å². The Morgan fingerprint density at radius 2 is 1.74 bits per heavy atom. The SMILES string of the molecule is C=COC(=O)/C(C#N)=C(\c1ccccc1)c1ccc(CC)cc1. The number of hydrogen-bond acceptors (Lipinski definition) is 3. The van der Waals surface area contributed by atoms with Gasteiger partial charge in [0.25, 0.3) is 0 Å². The Morgan fingerprint density at radius 3 is 2.26 bits per heavy atom. The molecule has 0 bridgehead atoms. The predicted molar refractivity (Wildman–Crippen MR) is 90.2 cm³/mol. The lowest BCUT2D eigenvalue weighted by Gasteiger charge is -2.11. The number of esters is 1. The average Bonchev–Trinajstić information content (AvgIpc) is 2.60. The lowest BCUT2D eigenvalue weighted by Crippen LogP contribution is -2.06. The van der Waals surface area contributed by atoms with Gasteiger partial charge in [0.2, 0.25) is 0 Å². The van der Waals surface area contributed by atoms with Crippen molar-refractivity contribution in [2.45, 2.75) is 13.3 Å². The summed E-state index contributed by atoms with van der Waals surface area (Å²) in [4.78, 5) is 12.1. The fraction of sp³-hybridized carbons (Fsp3) is 0.100. The monoisotopic (exact) mass is 303 g/mol. The lowest BCUT2D eigenvalue weighted by molar-refractivity contribution is -0.133. The predicted octanol–water partition coefficient (Wildman–Crippen LogP) is 4.26. The van der Waals surface area contributed by atoms with E-state index in [-0.39, 0.29) is 5.57 Å². The number of carbonyl (C=O) groups is 1. The van der Waals surface area contributed by atoms with Crippen molar-refractivity contribution >= 4 is 11.5 Å². The largest absolute Gasteiger partial charge is 0.431 e. The molecule has 0 saturated carbocycles. The minimum Gasteiger partial charge on any atom is -0.431 e. The Kier molecular flexibility index (Phi) is 5.49. The van der Waals surface area contributed by atoms with Gasteiger partial charge in [-0.3, -0.25) is 0 Å². The highest BCUT2D eigenvalue weighted by molar-refractivity contribution is 6.05. The molecule has 0 spiro atoms. The number of hydrogen-bond donors (Lipinski definition) is 0. The molecule has 0 atom stereocenters. The fourth-order valence-corrected chi connectivity index (χ4v) is 2.31. The van der Waals surface area contributed by atoms with Crippen molar-refractivity contribution in [1.82, 2.24) is 0 Å². The van der Waals surface area contributed by atoms with Crippen molar-refractivity contribution in [1.29, 1.82) is 5.26 Å². The van der Waals surface area contributed by atoms with E-state index < -0.39 is 5.97 Å². The van der Waals surface area contributed by atoms with Crippen LogP contribution in [0, 0.1) is 11.3 Å². The van der Waals surface area contributed by atoms with Crippen LogP contribution in [0.2, 0.25) is 0 Å². The van der Waals surface area contributed by atoms with Gasteiger partial charge in [0.15, 0.2) is 0 Å². The molecule has 2 rings (SSSR count). The Hall–Kier alpha value is -3.12. The summed E-state index contributed by atoms with van der Waals surface area (Å²) in [6.45, 7) is 5.44. The highest BCUT2D eigenvalue weighted by atomic mass is 16.5. The molecule has 0 aliphatic carbocycles. The summed E-state index contributed by atoms with van der Waals surface area (Å²) in [7, 11) is 0. The second-order valence-electron chi connectivity index (χ2n) is 4.85. The van der Waals surface area contributed by atoms with Crippen LogP contribution in [0.25, 0.3) is 5.57 Å². The zero-order chi connectivity index (χ0) is 16.7. The number of benzene rings is 2. The second-order valence-corrected chi connectivity index (χ2v) is 4.85. The van der Waals surface area contributed by atoms with Gasteiger partial charge in [-0.25, -0.2) is 4.79 Å². The van der Waals surface area contributed by atoms with E-state index in [1.807, 2.05) is 60.7 Å². The van der Waals surface area contributed by atoms with Gasteiger partial charge in [0, 0.05) is 5.57 Å². The molecule has 3 nitrogen and oxygen atoms in total. The third kappa shape index (κ3) is 3.75. The van der Waals surface area contributed by atoms with E-state index in [1.165, 1.54) is 5.56 Å². The number of rotatable bonds is 5. The molecule has 114 valence electrons. The Bertz CT molecular complexity index is 766. The molecule has 2 aromatic rings. The van der Waals surface area contributed by atoms with Gasteiger partial charge < -0.3 is 4.74 Å². The molecule has 0 aliphatic heterocycles. The minimum atomic E-state index is -0.707. The van der Waals surface area contributed by atoms with Crippen LogP contribution < -0.4 is 0 Å².